The second-order valence-electron chi connectivity index (χ2n) is 6.88. The molecule has 0 amide bonds. The first-order valence-electron chi connectivity index (χ1n) is 8.98. The monoisotopic (exact) mass is 374 g/mol. The Morgan fingerprint density at radius 1 is 1.23 bits per heavy atom. The molecule has 0 saturated heterocycles. The highest BCUT2D eigenvalue weighted by Gasteiger charge is 2.22. The highest BCUT2D eigenvalue weighted by molar-refractivity contribution is 7.80. The van der Waals surface area contributed by atoms with Gasteiger partial charge < -0.3 is 24.9 Å². The molecule has 1 aliphatic heterocycles. The Hall–Kier alpha value is -2.35. The molecule has 3 N–H and O–H groups in total. The third kappa shape index (κ3) is 3.33. The largest absolute Gasteiger partial charge is 0.493 e. The van der Waals surface area contributed by atoms with Crippen LogP contribution in [0.4, 0.5) is 5.69 Å². The van der Waals surface area contributed by atoms with Gasteiger partial charge in [0, 0.05) is 17.5 Å². The molecule has 1 saturated carbocycles. The maximum atomic E-state index is 10.2. The second kappa shape index (κ2) is 7.11. The van der Waals surface area contributed by atoms with Crippen LogP contribution in [-0.2, 0) is 0 Å². The predicted molar refractivity (Wildman–Crippen MR) is 103 cm³/mol. The number of ether oxygens (including phenoxy) is 2. The van der Waals surface area contributed by atoms with Crippen LogP contribution in [0.5, 0.6) is 17.4 Å². The van der Waals surface area contributed by atoms with Crippen LogP contribution in [-0.4, -0.2) is 34.5 Å². The zero-order valence-corrected chi connectivity index (χ0v) is 15.4. The van der Waals surface area contributed by atoms with E-state index in [1.165, 1.54) is 19.3 Å². The number of H-pyrrole nitrogens is 1. The number of hydrogen-bond donors (Lipinski definition) is 3. The molecule has 2 aromatic rings. The fourth-order valence-corrected chi connectivity index (χ4v) is 3.81. The van der Waals surface area contributed by atoms with Crippen molar-refractivity contribution in [2.45, 2.75) is 38.6 Å². The Bertz CT molecular complexity index is 864. The van der Waals surface area contributed by atoms with Gasteiger partial charge >= 0.3 is 0 Å². The standard InChI is InChI=1S/C18H22N4O3S/c1-10-4-2-3-5-12(10)20-18(26)22-21-16-11-8-14-15(25-7-6-24-14)9-13(11)19-17(16)23/h8-10,12,19,23H,2-7H2,1H3,(H,20,26)/t10-,12-/m0/s1. The summed E-state index contributed by atoms with van der Waals surface area (Å²) in [5.74, 6) is 1.80. The van der Waals surface area contributed by atoms with Gasteiger partial charge in [-0.15, -0.1) is 10.2 Å². The van der Waals surface area contributed by atoms with E-state index in [4.69, 9.17) is 21.7 Å². The third-order valence-electron chi connectivity index (χ3n) is 5.08. The minimum absolute atomic E-state index is 0.0556. The number of nitrogens with zero attached hydrogens (tertiary/aromatic N) is 2. The van der Waals surface area contributed by atoms with Gasteiger partial charge in [0.05, 0.1) is 5.52 Å². The van der Waals surface area contributed by atoms with Crippen LogP contribution in [0.15, 0.2) is 22.4 Å². The van der Waals surface area contributed by atoms with Crippen molar-refractivity contribution < 1.29 is 14.6 Å². The van der Waals surface area contributed by atoms with E-state index in [1.54, 1.807) is 12.1 Å². The Balaban J connectivity index is 1.55. The molecule has 7 nitrogen and oxygen atoms in total. The lowest BCUT2D eigenvalue weighted by Crippen LogP contribution is -2.39. The highest BCUT2D eigenvalue weighted by atomic mass is 32.1. The van der Waals surface area contributed by atoms with Crippen LogP contribution in [0.3, 0.4) is 0 Å². The van der Waals surface area contributed by atoms with Crippen molar-refractivity contribution in [2.75, 3.05) is 13.2 Å². The lowest BCUT2D eigenvalue weighted by molar-refractivity contribution is 0.172. The van der Waals surface area contributed by atoms with Crippen molar-refractivity contribution in [2.24, 2.45) is 16.1 Å². The van der Waals surface area contributed by atoms with E-state index in [0.717, 1.165) is 6.42 Å². The molecule has 0 radical (unpaired) electrons. The smallest absolute Gasteiger partial charge is 0.218 e. The van der Waals surface area contributed by atoms with E-state index < -0.39 is 0 Å². The molecule has 0 bridgehead atoms. The highest BCUT2D eigenvalue weighted by Crippen LogP contribution is 2.42. The first-order chi connectivity index (χ1) is 12.6. The topological polar surface area (TPSA) is 91.2 Å². The average molecular weight is 374 g/mol. The van der Waals surface area contributed by atoms with E-state index in [1.807, 2.05) is 0 Å². The van der Waals surface area contributed by atoms with Crippen LogP contribution < -0.4 is 14.8 Å². The number of aromatic nitrogens is 1. The van der Waals surface area contributed by atoms with Crippen LogP contribution in [0.2, 0.25) is 0 Å². The van der Waals surface area contributed by atoms with Crippen LogP contribution in [0.25, 0.3) is 10.9 Å². The van der Waals surface area contributed by atoms with Gasteiger partial charge in [-0.2, -0.15) is 0 Å². The summed E-state index contributed by atoms with van der Waals surface area (Å²) in [6.45, 7) is 3.24. The zero-order valence-electron chi connectivity index (χ0n) is 14.6. The van der Waals surface area contributed by atoms with Gasteiger partial charge in [0.2, 0.25) is 11.0 Å². The third-order valence-corrected chi connectivity index (χ3v) is 5.28. The molecule has 1 aromatic carbocycles. The summed E-state index contributed by atoms with van der Waals surface area (Å²) in [4.78, 5) is 2.89. The fraction of sp³-hybridized carbons (Fsp3) is 0.500. The number of thiocarbonyl (C=S) groups is 1. The predicted octanol–water partition coefficient (Wildman–Crippen LogP) is 4.18. The van der Waals surface area contributed by atoms with Crippen molar-refractivity contribution in [3.8, 4) is 17.4 Å². The second-order valence-corrected chi connectivity index (χ2v) is 7.27. The minimum atomic E-state index is -0.0556. The van der Waals surface area contributed by atoms with Gasteiger partial charge in [0.15, 0.2) is 17.2 Å². The number of aromatic hydroxyl groups is 1. The molecule has 8 heteroatoms. The lowest BCUT2D eigenvalue weighted by Gasteiger charge is -2.29. The van der Waals surface area contributed by atoms with E-state index in [-0.39, 0.29) is 5.88 Å². The summed E-state index contributed by atoms with van der Waals surface area (Å²) < 4.78 is 11.2. The molecule has 2 aliphatic rings. The minimum Gasteiger partial charge on any atom is -0.493 e. The maximum Gasteiger partial charge on any atom is 0.218 e. The number of hydrogen-bond acceptors (Lipinski definition) is 5. The summed E-state index contributed by atoms with van der Waals surface area (Å²) >= 11 is 5.32. The lowest BCUT2D eigenvalue weighted by atomic mass is 9.86. The number of nitrogens with one attached hydrogen (secondary N) is 2. The SMILES string of the molecule is C[C@H]1CCCC[C@@H]1NC(=S)N=Nc1c(O)[nH]c2cc3c(cc12)OCCO3. The van der Waals surface area contributed by atoms with E-state index in [0.29, 0.717) is 58.4 Å². The fourth-order valence-electron chi connectivity index (χ4n) is 3.62. The number of fused-ring (bicyclic) bond motifs is 2. The van der Waals surface area contributed by atoms with E-state index in [2.05, 4.69) is 27.5 Å². The molecule has 2 heterocycles. The number of aromatic amines is 1. The summed E-state index contributed by atoms with van der Waals surface area (Å²) in [7, 11) is 0. The van der Waals surface area contributed by atoms with Crippen molar-refractivity contribution in [1.29, 1.82) is 0 Å². The molecule has 26 heavy (non-hydrogen) atoms. The van der Waals surface area contributed by atoms with Crippen molar-refractivity contribution >= 4 is 33.9 Å². The van der Waals surface area contributed by atoms with Gasteiger partial charge in [-0.25, -0.2) is 0 Å². The van der Waals surface area contributed by atoms with Crippen LogP contribution in [0.1, 0.15) is 32.6 Å². The number of azo groups is 1. The van der Waals surface area contributed by atoms with Crippen LogP contribution >= 0.6 is 12.2 Å². The zero-order chi connectivity index (χ0) is 18.1. The number of rotatable bonds is 2. The van der Waals surface area contributed by atoms with Gasteiger partial charge in [0.25, 0.3) is 0 Å². The molecular formula is C18H22N4O3S. The van der Waals surface area contributed by atoms with Gasteiger partial charge in [-0.05, 0) is 37.0 Å². The van der Waals surface area contributed by atoms with Crippen molar-refractivity contribution in [3.63, 3.8) is 0 Å². The molecular weight excluding hydrogens is 352 g/mol. The van der Waals surface area contributed by atoms with Crippen molar-refractivity contribution in [3.05, 3.63) is 12.1 Å². The summed E-state index contributed by atoms with van der Waals surface area (Å²) in [6.07, 6.45) is 4.78. The Labute approximate surface area is 156 Å². The normalized spacial score (nSPS) is 22.7. The van der Waals surface area contributed by atoms with E-state index >= 15 is 0 Å². The summed E-state index contributed by atoms with van der Waals surface area (Å²) in [5.41, 5.74) is 1.05. The molecule has 0 unspecified atom stereocenters. The van der Waals surface area contributed by atoms with Gasteiger partial charge in [-0.1, -0.05) is 19.8 Å². The molecule has 1 fully saturated rings. The quantitative estimate of drug-likeness (QED) is 0.542. The Kier molecular flexibility index (Phi) is 4.67. The maximum absolute atomic E-state index is 10.2. The summed E-state index contributed by atoms with van der Waals surface area (Å²) in [6, 6.07) is 3.93. The number of benzene rings is 1. The Morgan fingerprint density at radius 3 is 2.73 bits per heavy atom. The first-order valence-corrected chi connectivity index (χ1v) is 9.39. The van der Waals surface area contributed by atoms with E-state index in [9.17, 15) is 5.11 Å². The molecule has 138 valence electrons. The summed E-state index contributed by atoms with van der Waals surface area (Å²) in [5, 5.41) is 22.8. The average Bonchev–Trinajstić information content (AvgIpc) is 2.94. The van der Waals surface area contributed by atoms with Crippen molar-refractivity contribution in [1.82, 2.24) is 10.3 Å². The Morgan fingerprint density at radius 2 is 1.96 bits per heavy atom. The van der Waals surface area contributed by atoms with Gasteiger partial charge in [-0.3, -0.25) is 0 Å². The van der Waals surface area contributed by atoms with Gasteiger partial charge in [0.1, 0.15) is 13.2 Å². The first kappa shape index (κ1) is 17.1. The van der Waals surface area contributed by atoms with Crippen LogP contribution in [0, 0.1) is 5.92 Å². The molecule has 4 rings (SSSR count). The molecule has 1 aromatic heterocycles. The molecule has 1 aliphatic carbocycles. The molecule has 2 atom stereocenters. The molecule has 0 spiro atoms.